The van der Waals surface area contributed by atoms with Gasteiger partial charge in [0.05, 0.1) is 0 Å². The Labute approximate surface area is 87.1 Å². The zero-order chi connectivity index (χ0) is 11.0. The summed E-state index contributed by atoms with van der Waals surface area (Å²) in [5.74, 6) is -8.19. The molecule has 0 heterocycles. The fourth-order valence-electron chi connectivity index (χ4n) is 0.913. The zero-order valence-electron chi connectivity index (χ0n) is 7.20. The van der Waals surface area contributed by atoms with Gasteiger partial charge < -0.3 is 0 Å². The number of hydrogen-bond donors (Lipinski definition) is 0. The van der Waals surface area contributed by atoms with Crippen LogP contribution in [-0.4, -0.2) is 5.92 Å². The minimum Gasteiger partial charge on any atom is -0.200 e. The molecule has 5 heteroatoms. The van der Waals surface area contributed by atoms with Crippen LogP contribution in [0.2, 0.25) is 0 Å². The minimum atomic E-state index is -4.13. The minimum absolute atomic E-state index is 0.203. The first-order valence-corrected chi connectivity index (χ1v) is 4.56. The van der Waals surface area contributed by atoms with Gasteiger partial charge in [0.1, 0.15) is 0 Å². The van der Waals surface area contributed by atoms with Crippen molar-refractivity contribution in [3.63, 3.8) is 0 Å². The molecule has 0 nitrogen and oxygen atoms in total. The van der Waals surface area contributed by atoms with Crippen LogP contribution in [0.1, 0.15) is 12.5 Å². The summed E-state index contributed by atoms with van der Waals surface area (Å²) < 4.78 is 51.7. The van der Waals surface area contributed by atoms with Crippen molar-refractivity contribution < 1.29 is 17.6 Å². The SMILES string of the molecule is CC(F)(F)C(F)(F)c1ccc(Br)cc1. The number of halogens is 5. The molecule has 1 aromatic carbocycles. The molecule has 0 saturated carbocycles. The lowest BCUT2D eigenvalue weighted by molar-refractivity contribution is -0.204. The van der Waals surface area contributed by atoms with Crippen LogP contribution >= 0.6 is 15.9 Å². The molecule has 0 aliphatic carbocycles. The smallest absolute Gasteiger partial charge is 0.200 e. The molecule has 0 aromatic heterocycles. The highest BCUT2D eigenvalue weighted by molar-refractivity contribution is 9.10. The van der Waals surface area contributed by atoms with Gasteiger partial charge in [-0.1, -0.05) is 28.1 Å². The summed E-state index contributed by atoms with van der Waals surface area (Å²) in [7, 11) is 0. The van der Waals surface area contributed by atoms with E-state index in [1.54, 1.807) is 0 Å². The molecule has 1 rings (SSSR count). The molecule has 0 aliphatic rings. The summed E-state index contributed by atoms with van der Waals surface area (Å²) in [6, 6.07) is 4.55. The quantitative estimate of drug-likeness (QED) is 0.707. The average molecular weight is 271 g/mol. The van der Waals surface area contributed by atoms with E-state index in [9.17, 15) is 17.6 Å². The van der Waals surface area contributed by atoms with Crippen molar-refractivity contribution in [2.45, 2.75) is 18.8 Å². The van der Waals surface area contributed by atoms with E-state index in [4.69, 9.17) is 0 Å². The van der Waals surface area contributed by atoms with Gasteiger partial charge in [0.25, 0.3) is 0 Å². The highest BCUT2D eigenvalue weighted by Crippen LogP contribution is 2.42. The van der Waals surface area contributed by atoms with Gasteiger partial charge in [-0.3, -0.25) is 0 Å². The maximum atomic E-state index is 13.0. The van der Waals surface area contributed by atoms with E-state index in [0.29, 0.717) is 4.47 Å². The second-order valence-electron chi connectivity index (χ2n) is 2.97. The molecule has 0 spiro atoms. The third kappa shape index (κ3) is 2.08. The Morgan fingerprint density at radius 1 is 1.00 bits per heavy atom. The Balaban J connectivity index is 3.10. The van der Waals surface area contributed by atoms with E-state index in [-0.39, 0.29) is 6.92 Å². The first kappa shape index (κ1) is 11.5. The summed E-state index contributed by atoms with van der Waals surface area (Å²) in [5.41, 5.74) is -0.687. The highest BCUT2D eigenvalue weighted by Gasteiger charge is 2.53. The van der Waals surface area contributed by atoms with Crippen molar-refractivity contribution >= 4 is 15.9 Å². The maximum Gasteiger partial charge on any atom is 0.335 e. The van der Waals surface area contributed by atoms with Gasteiger partial charge in [0.2, 0.25) is 0 Å². The molecular formula is C9H7BrF4. The second kappa shape index (κ2) is 3.53. The number of rotatable bonds is 2. The molecular weight excluding hydrogens is 264 g/mol. The van der Waals surface area contributed by atoms with Crippen LogP contribution < -0.4 is 0 Å². The third-order valence-corrected chi connectivity index (χ3v) is 2.29. The molecule has 0 atom stereocenters. The van der Waals surface area contributed by atoms with Gasteiger partial charge in [-0.05, 0) is 12.1 Å². The summed E-state index contributed by atoms with van der Waals surface area (Å²) >= 11 is 3.03. The van der Waals surface area contributed by atoms with Gasteiger partial charge in [-0.2, -0.15) is 17.6 Å². The van der Waals surface area contributed by atoms with E-state index < -0.39 is 17.4 Å². The lowest BCUT2D eigenvalue weighted by atomic mass is 10.0. The topological polar surface area (TPSA) is 0 Å². The molecule has 0 bridgehead atoms. The Bertz CT molecular complexity index is 313. The van der Waals surface area contributed by atoms with Crippen LogP contribution in [0.5, 0.6) is 0 Å². The normalized spacial score (nSPS) is 13.0. The largest absolute Gasteiger partial charge is 0.335 e. The number of alkyl halides is 4. The molecule has 1 aromatic rings. The lowest BCUT2D eigenvalue weighted by Crippen LogP contribution is -2.34. The molecule has 78 valence electrons. The predicted octanol–water partition coefficient (Wildman–Crippen LogP) is 4.20. The Kier molecular flexibility index (Phi) is 2.90. The van der Waals surface area contributed by atoms with E-state index >= 15 is 0 Å². The predicted molar refractivity (Wildman–Crippen MR) is 48.7 cm³/mol. The summed E-state index contributed by atoms with van der Waals surface area (Å²) in [4.78, 5) is 0. The average Bonchev–Trinajstić information content (AvgIpc) is 2.03. The van der Waals surface area contributed by atoms with E-state index in [0.717, 1.165) is 12.1 Å². The molecule has 14 heavy (non-hydrogen) atoms. The summed E-state index contributed by atoms with van der Waals surface area (Å²) in [6.45, 7) is 0.203. The van der Waals surface area contributed by atoms with Crippen molar-refractivity contribution in [1.82, 2.24) is 0 Å². The fourth-order valence-corrected chi connectivity index (χ4v) is 1.18. The Morgan fingerprint density at radius 3 is 1.79 bits per heavy atom. The van der Waals surface area contributed by atoms with Gasteiger partial charge in [0.15, 0.2) is 0 Å². The van der Waals surface area contributed by atoms with Crippen LogP contribution in [0.3, 0.4) is 0 Å². The summed E-state index contributed by atoms with van der Waals surface area (Å²) in [6.07, 6.45) is 0. The maximum absolute atomic E-state index is 13.0. The molecule has 0 aliphatic heterocycles. The zero-order valence-corrected chi connectivity index (χ0v) is 8.79. The number of benzene rings is 1. The Hall–Kier alpha value is -0.580. The first-order valence-electron chi connectivity index (χ1n) is 3.77. The van der Waals surface area contributed by atoms with Crippen molar-refractivity contribution in [3.05, 3.63) is 34.3 Å². The molecule has 0 unspecified atom stereocenters. The van der Waals surface area contributed by atoms with E-state index in [1.165, 1.54) is 12.1 Å². The van der Waals surface area contributed by atoms with Crippen LogP contribution in [-0.2, 0) is 5.92 Å². The molecule has 0 fully saturated rings. The van der Waals surface area contributed by atoms with Gasteiger partial charge >= 0.3 is 11.8 Å². The number of hydrogen-bond acceptors (Lipinski definition) is 0. The Morgan fingerprint density at radius 2 is 1.43 bits per heavy atom. The van der Waals surface area contributed by atoms with Crippen molar-refractivity contribution in [2.75, 3.05) is 0 Å². The van der Waals surface area contributed by atoms with Gasteiger partial charge in [-0.25, -0.2) is 0 Å². The fraction of sp³-hybridized carbons (Fsp3) is 0.333. The van der Waals surface area contributed by atoms with Crippen LogP contribution in [0.25, 0.3) is 0 Å². The molecule has 0 saturated heterocycles. The lowest BCUT2D eigenvalue weighted by Gasteiger charge is -2.23. The molecule has 0 radical (unpaired) electrons. The standard InChI is InChI=1S/C9H7BrF4/c1-8(11,12)9(13,14)6-2-4-7(10)5-3-6/h2-5H,1H3. The van der Waals surface area contributed by atoms with Crippen molar-refractivity contribution in [1.29, 1.82) is 0 Å². The van der Waals surface area contributed by atoms with Gasteiger partial charge in [-0.15, -0.1) is 0 Å². The summed E-state index contributed by atoms with van der Waals surface area (Å²) in [5, 5.41) is 0. The molecule has 0 N–H and O–H groups in total. The highest BCUT2D eigenvalue weighted by atomic mass is 79.9. The van der Waals surface area contributed by atoms with Crippen LogP contribution in [0, 0.1) is 0 Å². The monoisotopic (exact) mass is 270 g/mol. The van der Waals surface area contributed by atoms with E-state index in [1.807, 2.05) is 0 Å². The van der Waals surface area contributed by atoms with Gasteiger partial charge in [0, 0.05) is 17.0 Å². The molecule has 0 amide bonds. The van der Waals surface area contributed by atoms with Crippen molar-refractivity contribution in [2.24, 2.45) is 0 Å². The van der Waals surface area contributed by atoms with Crippen LogP contribution in [0.15, 0.2) is 28.7 Å². The second-order valence-corrected chi connectivity index (χ2v) is 3.89. The third-order valence-electron chi connectivity index (χ3n) is 1.76. The van der Waals surface area contributed by atoms with Crippen molar-refractivity contribution in [3.8, 4) is 0 Å². The first-order chi connectivity index (χ1) is 6.25. The van der Waals surface area contributed by atoms with Crippen LogP contribution in [0.4, 0.5) is 17.6 Å². The van der Waals surface area contributed by atoms with E-state index in [2.05, 4.69) is 15.9 Å².